The summed E-state index contributed by atoms with van der Waals surface area (Å²) in [7, 11) is 0. The van der Waals surface area contributed by atoms with Crippen molar-refractivity contribution in [3.05, 3.63) is 35.8 Å². The van der Waals surface area contributed by atoms with Gasteiger partial charge in [-0.3, -0.25) is 4.79 Å². The van der Waals surface area contributed by atoms with Gasteiger partial charge in [0.2, 0.25) is 11.9 Å². The van der Waals surface area contributed by atoms with Gasteiger partial charge in [-0.15, -0.1) is 0 Å². The maximum Gasteiger partial charge on any atom is 0.417 e. The van der Waals surface area contributed by atoms with Crippen LogP contribution in [0.1, 0.15) is 44.2 Å². The second-order valence-electron chi connectivity index (χ2n) is 9.22. The van der Waals surface area contributed by atoms with E-state index in [2.05, 4.69) is 25.3 Å². The van der Waals surface area contributed by atoms with Gasteiger partial charge in [-0.2, -0.15) is 18.4 Å². The molecule has 9 nitrogen and oxygen atoms in total. The molecule has 3 aromatic heterocycles. The second kappa shape index (κ2) is 10.1. The first-order valence-electron chi connectivity index (χ1n) is 11.7. The van der Waals surface area contributed by atoms with Crippen LogP contribution in [0.25, 0.3) is 22.3 Å². The van der Waals surface area contributed by atoms with Gasteiger partial charge >= 0.3 is 6.18 Å². The molecule has 0 aromatic carbocycles. The fourth-order valence-electron chi connectivity index (χ4n) is 4.47. The number of amides is 1. The third-order valence-electron chi connectivity index (χ3n) is 6.48. The lowest BCUT2D eigenvalue weighted by molar-refractivity contribution is -0.137. The molecule has 12 heteroatoms. The first-order chi connectivity index (χ1) is 17.1. The number of carbonyl (C=O) groups excluding carboxylic acids is 1. The molecule has 36 heavy (non-hydrogen) atoms. The molecule has 3 aromatic rings. The third kappa shape index (κ3) is 5.41. The van der Waals surface area contributed by atoms with E-state index in [1.54, 1.807) is 0 Å². The molecule has 1 fully saturated rings. The number of alkyl halides is 3. The minimum atomic E-state index is -4.55. The number of hydrogen-bond donors (Lipinski definition) is 3. The minimum Gasteiger partial charge on any atom is -0.351 e. The zero-order chi connectivity index (χ0) is 26.0. The topological polar surface area (TPSA) is 137 Å². The van der Waals surface area contributed by atoms with Crippen molar-refractivity contribution >= 4 is 22.9 Å². The molecule has 1 saturated heterocycles. The normalized spacial score (nSPS) is 16.5. The monoisotopic (exact) mass is 500 g/mol. The molecule has 0 saturated carbocycles. The highest BCUT2D eigenvalue weighted by atomic mass is 19.4. The van der Waals surface area contributed by atoms with Crippen molar-refractivity contribution in [3.8, 4) is 17.3 Å². The number of anilines is 1. The van der Waals surface area contributed by atoms with E-state index >= 15 is 0 Å². The molecule has 1 aliphatic heterocycles. The number of piperidine rings is 1. The van der Waals surface area contributed by atoms with Gasteiger partial charge in [0.1, 0.15) is 11.7 Å². The van der Waals surface area contributed by atoms with Crippen LogP contribution >= 0.6 is 0 Å². The Morgan fingerprint density at radius 2 is 2.03 bits per heavy atom. The van der Waals surface area contributed by atoms with E-state index in [1.165, 1.54) is 12.4 Å². The zero-order valence-corrected chi connectivity index (χ0v) is 19.9. The van der Waals surface area contributed by atoms with Crippen molar-refractivity contribution in [2.24, 2.45) is 11.7 Å². The average Bonchev–Trinajstić information content (AvgIpc) is 3.26. The van der Waals surface area contributed by atoms with E-state index in [4.69, 9.17) is 5.73 Å². The Hall–Kier alpha value is -3.72. The summed E-state index contributed by atoms with van der Waals surface area (Å²) in [5.74, 6) is 0.589. The van der Waals surface area contributed by atoms with Gasteiger partial charge in [0.25, 0.3) is 0 Å². The number of nitrogens with zero attached hydrogens (tertiary/aromatic N) is 5. The van der Waals surface area contributed by atoms with Gasteiger partial charge in [-0.05, 0) is 38.7 Å². The first-order valence-corrected chi connectivity index (χ1v) is 11.7. The highest BCUT2D eigenvalue weighted by Crippen LogP contribution is 2.35. The van der Waals surface area contributed by atoms with Crippen LogP contribution in [0, 0.1) is 17.2 Å². The molecule has 4 rings (SSSR count). The quantitative estimate of drug-likeness (QED) is 0.470. The SMILES string of the molecule is CC(N)CC(=O)N1CCC([C@@H](C)Nc2ncc(C#N)c(-c3c[nH]c4ncc(C(F)(F)F)cc34)n2)CC1. The van der Waals surface area contributed by atoms with Crippen LogP contribution in [0.5, 0.6) is 0 Å². The Bertz CT molecular complexity index is 1290. The number of rotatable bonds is 6. The van der Waals surface area contributed by atoms with Crippen LogP contribution in [0.2, 0.25) is 0 Å². The Labute approximate surface area is 205 Å². The number of pyridine rings is 1. The number of fused-ring (bicyclic) bond motifs is 1. The maximum atomic E-state index is 13.2. The van der Waals surface area contributed by atoms with Crippen molar-refractivity contribution in [2.75, 3.05) is 18.4 Å². The van der Waals surface area contributed by atoms with Gasteiger partial charge < -0.3 is 20.9 Å². The second-order valence-corrected chi connectivity index (χ2v) is 9.22. The third-order valence-corrected chi connectivity index (χ3v) is 6.48. The average molecular weight is 501 g/mol. The van der Waals surface area contributed by atoms with Crippen LogP contribution in [-0.2, 0) is 11.0 Å². The van der Waals surface area contributed by atoms with Crippen LogP contribution in [0.4, 0.5) is 19.1 Å². The molecule has 1 unspecified atom stereocenters. The highest BCUT2D eigenvalue weighted by molar-refractivity contribution is 5.94. The molecule has 1 amide bonds. The molecule has 0 bridgehead atoms. The Kier molecular flexibility index (Phi) is 7.12. The Morgan fingerprint density at radius 3 is 2.67 bits per heavy atom. The van der Waals surface area contributed by atoms with E-state index in [0.717, 1.165) is 25.1 Å². The summed E-state index contributed by atoms with van der Waals surface area (Å²) < 4.78 is 39.7. The summed E-state index contributed by atoms with van der Waals surface area (Å²) in [4.78, 5) is 29.5. The van der Waals surface area contributed by atoms with E-state index in [1.807, 2.05) is 24.8 Å². The fourth-order valence-corrected chi connectivity index (χ4v) is 4.47. The lowest BCUT2D eigenvalue weighted by Gasteiger charge is -2.35. The molecular weight excluding hydrogens is 473 g/mol. The van der Waals surface area contributed by atoms with Crippen LogP contribution in [0.3, 0.4) is 0 Å². The van der Waals surface area contributed by atoms with Crippen molar-refractivity contribution in [1.82, 2.24) is 24.8 Å². The molecule has 4 N–H and O–H groups in total. The van der Waals surface area contributed by atoms with Crippen LogP contribution in [-0.4, -0.2) is 55.9 Å². The number of carbonyl (C=O) groups is 1. The molecule has 0 aliphatic carbocycles. The van der Waals surface area contributed by atoms with Gasteiger partial charge in [0, 0.05) is 54.9 Å². The van der Waals surface area contributed by atoms with E-state index in [-0.39, 0.29) is 52.1 Å². The zero-order valence-electron chi connectivity index (χ0n) is 19.9. The van der Waals surface area contributed by atoms with Gasteiger partial charge in [-0.1, -0.05) is 0 Å². The summed E-state index contributed by atoms with van der Waals surface area (Å²) in [6.45, 7) is 5.10. The lowest BCUT2D eigenvalue weighted by atomic mass is 9.90. The summed E-state index contributed by atoms with van der Waals surface area (Å²) in [6, 6.07) is 2.80. The van der Waals surface area contributed by atoms with Crippen molar-refractivity contribution in [1.29, 1.82) is 5.26 Å². The number of nitrogens with one attached hydrogen (secondary N) is 2. The molecule has 190 valence electrons. The van der Waals surface area contributed by atoms with Gasteiger partial charge in [0.15, 0.2) is 0 Å². The number of aromatic amines is 1. The summed E-state index contributed by atoms with van der Waals surface area (Å²) in [6.07, 6.45) is 0.985. The Morgan fingerprint density at radius 1 is 1.31 bits per heavy atom. The number of aromatic nitrogens is 4. The van der Waals surface area contributed by atoms with Crippen molar-refractivity contribution < 1.29 is 18.0 Å². The smallest absolute Gasteiger partial charge is 0.351 e. The molecule has 4 heterocycles. The Balaban J connectivity index is 1.53. The fraction of sp³-hybridized carbons (Fsp3) is 0.458. The predicted molar refractivity (Wildman–Crippen MR) is 127 cm³/mol. The van der Waals surface area contributed by atoms with E-state index in [9.17, 15) is 23.2 Å². The summed E-state index contributed by atoms with van der Waals surface area (Å²) in [5, 5.41) is 13.1. The summed E-state index contributed by atoms with van der Waals surface area (Å²) >= 11 is 0. The van der Waals surface area contributed by atoms with Crippen LogP contribution < -0.4 is 11.1 Å². The molecule has 1 aliphatic rings. The predicted octanol–water partition coefficient (Wildman–Crippen LogP) is 3.69. The maximum absolute atomic E-state index is 13.2. The van der Waals surface area contributed by atoms with Crippen LogP contribution in [0.15, 0.2) is 24.7 Å². The number of H-pyrrole nitrogens is 1. The largest absolute Gasteiger partial charge is 0.417 e. The molecule has 2 atom stereocenters. The number of hydrogen-bond acceptors (Lipinski definition) is 7. The van der Waals surface area contributed by atoms with E-state index < -0.39 is 11.7 Å². The summed E-state index contributed by atoms with van der Waals surface area (Å²) in [5.41, 5.74) is 5.79. The minimum absolute atomic E-state index is 0.0297. The molecule has 0 radical (unpaired) electrons. The lowest BCUT2D eigenvalue weighted by Crippen LogP contribution is -2.43. The first kappa shape index (κ1) is 25.4. The highest BCUT2D eigenvalue weighted by Gasteiger charge is 2.32. The van der Waals surface area contributed by atoms with E-state index in [0.29, 0.717) is 25.1 Å². The number of halogens is 3. The molecule has 0 spiro atoms. The molecular formula is C24H27F3N8O. The van der Waals surface area contributed by atoms with Crippen molar-refractivity contribution in [2.45, 2.75) is 51.4 Å². The van der Waals surface area contributed by atoms with Crippen molar-refractivity contribution in [3.63, 3.8) is 0 Å². The number of nitrogens with two attached hydrogens (primary N) is 1. The number of likely N-dealkylation sites (tertiary alicyclic amines) is 1. The standard InChI is InChI=1S/C24H27F3N8O/c1-13(29)7-20(36)35-5-3-15(4-6-35)14(2)33-23-32-10-16(9-28)21(34-23)19-12-31-22-18(19)8-17(11-30-22)24(25,26)27/h8,10-15H,3-7,29H2,1-2H3,(H,30,31)(H,32,33,34)/t13?,14-/m1/s1. The van der Waals surface area contributed by atoms with Gasteiger partial charge in [0.05, 0.1) is 23.0 Å². The number of nitriles is 1. The van der Waals surface area contributed by atoms with Gasteiger partial charge in [-0.25, -0.2) is 15.0 Å².